The molecule has 1 amide bonds. The van der Waals surface area contributed by atoms with Crippen molar-refractivity contribution >= 4 is 37.8 Å². The molecular weight excluding hydrogens is 314 g/mol. The third kappa shape index (κ3) is 2.17. The maximum Gasteiger partial charge on any atom is 0.220 e. The van der Waals surface area contributed by atoms with Crippen LogP contribution >= 0.6 is 31.9 Å². The molecule has 0 bridgehead atoms. The van der Waals surface area contributed by atoms with Crippen molar-refractivity contribution < 1.29 is 4.79 Å². The Morgan fingerprint density at radius 2 is 2.43 bits per heavy atom. The molecule has 76 valence electrons. The summed E-state index contributed by atoms with van der Waals surface area (Å²) in [6.45, 7) is 0.720. The van der Waals surface area contributed by atoms with Crippen LogP contribution < -0.4 is 5.32 Å². The highest BCUT2D eigenvalue weighted by molar-refractivity contribution is 9.11. The third-order valence-electron chi connectivity index (χ3n) is 2.18. The van der Waals surface area contributed by atoms with Crippen LogP contribution in [0.5, 0.6) is 0 Å². The lowest BCUT2D eigenvalue weighted by atomic mass is 10.2. The molecule has 1 aromatic heterocycles. The Balaban J connectivity index is 2.04. The molecule has 4 nitrogen and oxygen atoms in total. The Bertz CT molecular complexity index is 363. The fourth-order valence-electron chi connectivity index (χ4n) is 1.52. The maximum atomic E-state index is 11.0. The minimum absolute atomic E-state index is 0.136. The fraction of sp³-hybridized carbons (Fsp3) is 0.500. The highest BCUT2D eigenvalue weighted by atomic mass is 79.9. The van der Waals surface area contributed by atoms with Gasteiger partial charge in [-0.2, -0.15) is 5.10 Å². The molecule has 2 heterocycles. The van der Waals surface area contributed by atoms with Crippen molar-refractivity contribution in [2.45, 2.75) is 25.4 Å². The van der Waals surface area contributed by atoms with Gasteiger partial charge in [0.05, 0.1) is 6.54 Å². The van der Waals surface area contributed by atoms with Crippen LogP contribution in [0.3, 0.4) is 0 Å². The molecule has 1 aliphatic rings. The van der Waals surface area contributed by atoms with E-state index < -0.39 is 0 Å². The van der Waals surface area contributed by atoms with Crippen LogP contribution in [-0.4, -0.2) is 21.7 Å². The van der Waals surface area contributed by atoms with Gasteiger partial charge in [-0.3, -0.25) is 9.48 Å². The molecule has 2 rings (SSSR count). The van der Waals surface area contributed by atoms with Gasteiger partial charge in [0, 0.05) is 18.5 Å². The summed E-state index contributed by atoms with van der Waals surface area (Å²) in [6.07, 6.45) is 1.52. The molecule has 6 heteroatoms. The van der Waals surface area contributed by atoms with E-state index in [1.807, 2.05) is 10.7 Å². The minimum atomic E-state index is 0.136. The van der Waals surface area contributed by atoms with Crippen LogP contribution in [0.25, 0.3) is 0 Å². The highest BCUT2D eigenvalue weighted by Crippen LogP contribution is 2.18. The van der Waals surface area contributed by atoms with E-state index in [9.17, 15) is 4.79 Å². The number of amides is 1. The second kappa shape index (κ2) is 4.02. The largest absolute Gasteiger partial charge is 0.351 e. The lowest BCUT2D eigenvalue weighted by Crippen LogP contribution is -2.30. The monoisotopic (exact) mass is 321 g/mol. The summed E-state index contributed by atoms with van der Waals surface area (Å²) in [5.74, 6) is 0.136. The zero-order valence-electron chi connectivity index (χ0n) is 7.33. The van der Waals surface area contributed by atoms with Crippen LogP contribution in [0.4, 0.5) is 0 Å². The van der Waals surface area contributed by atoms with Gasteiger partial charge in [0.1, 0.15) is 9.21 Å². The van der Waals surface area contributed by atoms with E-state index in [-0.39, 0.29) is 11.9 Å². The smallest absolute Gasteiger partial charge is 0.220 e. The van der Waals surface area contributed by atoms with Crippen LogP contribution in [0, 0.1) is 0 Å². The first-order valence-corrected chi connectivity index (χ1v) is 5.92. The molecule has 1 aromatic rings. The Labute approximate surface area is 98.3 Å². The maximum absolute atomic E-state index is 11.0. The van der Waals surface area contributed by atoms with E-state index >= 15 is 0 Å². The summed E-state index contributed by atoms with van der Waals surface area (Å²) >= 11 is 6.69. The zero-order chi connectivity index (χ0) is 10.1. The van der Waals surface area contributed by atoms with Gasteiger partial charge in [0.25, 0.3) is 0 Å². The Morgan fingerprint density at radius 3 is 2.93 bits per heavy atom. The molecule has 1 fully saturated rings. The summed E-state index contributed by atoms with van der Waals surface area (Å²) in [5, 5.41) is 7.14. The van der Waals surface area contributed by atoms with Crippen LogP contribution in [-0.2, 0) is 11.3 Å². The zero-order valence-corrected chi connectivity index (χ0v) is 10.5. The molecule has 1 aliphatic heterocycles. The van der Waals surface area contributed by atoms with Gasteiger partial charge >= 0.3 is 0 Å². The molecule has 0 spiro atoms. The Hall–Kier alpha value is -0.360. The number of hydrogen-bond donors (Lipinski definition) is 1. The molecule has 1 unspecified atom stereocenters. The van der Waals surface area contributed by atoms with Crippen molar-refractivity contribution in [3.8, 4) is 0 Å². The van der Waals surface area contributed by atoms with Gasteiger partial charge in [-0.1, -0.05) is 0 Å². The molecule has 0 aromatic carbocycles. The number of nitrogens with one attached hydrogen (secondary N) is 1. The van der Waals surface area contributed by atoms with Crippen LogP contribution in [0.1, 0.15) is 12.8 Å². The van der Waals surface area contributed by atoms with Gasteiger partial charge in [0.15, 0.2) is 0 Å². The lowest BCUT2D eigenvalue weighted by molar-refractivity contribution is -0.119. The molecular formula is C8H9Br2N3O. The first-order chi connectivity index (χ1) is 6.65. The van der Waals surface area contributed by atoms with E-state index in [2.05, 4.69) is 42.3 Å². The van der Waals surface area contributed by atoms with Crippen molar-refractivity contribution in [2.24, 2.45) is 0 Å². The van der Waals surface area contributed by atoms with Crippen LogP contribution in [0.2, 0.25) is 0 Å². The quantitative estimate of drug-likeness (QED) is 0.900. The summed E-state index contributed by atoms with van der Waals surface area (Å²) in [5.41, 5.74) is 0. The van der Waals surface area contributed by atoms with Gasteiger partial charge in [0.2, 0.25) is 5.91 Å². The molecule has 1 saturated heterocycles. The molecule has 0 aliphatic carbocycles. The minimum Gasteiger partial charge on any atom is -0.351 e. The third-order valence-corrected chi connectivity index (χ3v) is 3.21. The predicted molar refractivity (Wildman–Crippen MR) is 58.8 cm³/mol. The number of nitrogens with zero attached hydrogens (tertiary/aromatic N) is 2. The number of aromatic nitrogens is 2. The highest BCUT2D eigenvalue weighted by Gasteiger charge is 2.21. The van der Waals surface area contributed by atoms with Gasteiger partial charge in [-0.25, -0.2) is 0 Å². The number of rotatable bonds is 2. The molecule has 1 atom stereocenters. The standard InChI is InChI=1S/C8H9Br2N3O/c9-6-3-7(10)13(12-6)4-5-1-2-8(14)11-5/h3,5H,1-2,4H2,(H,11,14). The normalized spacial score (nSPS) is 21.3. The van der Waals surface area contributed by atoms with Gasteiger partial charge < -0.3 is 5.32 Å². The number of hydrogen-bond acceptors (Lipinski definition) is 2. The van der Waals surface area contributed by atoms with Crippen molar-refractivity contribution in [3.05, 3.63) is 15.3 Å². The van der Waals surface area contributed by atoms with Gasteiger partial charge in [-0.05, 0) is 38.3 Å². The molecule has 0 radical (unpaired) electrons. The predicted octanol–water partition coefficient (Wildman–Crippen LogP) is 1.69. The average molecular weight is 323 g/mol. The lowest BCUT2D eigenvalue weighted by Gasteiger charge is -2.10. The van der Waals surface area contributed by atoms with Crippen molar-refractivity contribution in [1.82, 2.24) is 15.1 Å². The molecule has 1 N–H and O–H groups in total. The SMILES string of the molecule is O=C1CCC(Cn2nc(Br)cc2Br)N1. The van der Waals surface area contributed by atoms with Crippen molar-refractivity contribution in [2.75, 3.05) is 0 Å². The van der Waals surface area contributed by atoms with E-state index in [1.165, 1.54) is 0 Å². The Morgan fingerprint density at radius 1 is 1.64 bits per heavy atom. The first kappa shape index (κ1) is 10.2. The Kier molecular flexibility index (Phi) is 2.92. The van der Waals surface area contributed by atoms with Crippen molar-refractivity contribution in [1.29, 1.82) is 0 Å². The fourth-order valence-corrected chi connectivity index (χ4v) is 2.67. The molecule has 0 saturated carbocycles. The van der Waals surface area contributed by atoms with Gasteiger partial charge in [-0.15, -0.1) is 0 Å². The summed E-state index contributed by atoms with van der Waals surface area (Å²) < 4.78 is 3.56. The van der Waals surface area contributed by atoms with Crippen molar-refractivity contribution in [3.63, 3.8) is 0 Å². The summed E-state index contributed by atoms with van der Waals surface area (Å²) in [7, 11) is 0. The second-order valence-corrected chi connectivity index (χ2v) is 4.90. The van der Waals surface area contributed by atoms with Crippen LogP contribution in [0.15, 0.2) is 15.3 Å². The number of carbonyl (C=O) groups excluding carboxylic acids is 1. The van der Waals surface area contributed by atoms with E-state index in [1.54, 1.807) is 0 Å². The molecule has 14 heavy (non-hydrogen) atoms. The van der Waals surface area contributed by atoms with E-state index in [4.69, 9.17) is 0 Å². The number of halogens is 2. The summed E-state index contributed by atoms with van der Waals surface area (Å²) in [4.78, 5) is 11.0. The number of carbonyl (C=O) groups is 1. The second-order valence-electron chi connectivity index (χ2n) is 3.28. The topological polar surface area (TPSA) is 46.9 Å². The van der Waals surface area contributed by atoms with E-state index in [0.717, 1.165) is 22.2 Å². The summed E-state index contributed by atoms with van der Waals surface area (Å²) in [6, 6.07) is 2.10. The van der Waals surface area contributed by atoms with E-state index in [0.29, 0.717) is 6.42 Å². The average Bonchev–Trinajstić information content (AvgIpc) is 2.61. The first-order valence-electron chi connectivity index (χ1n) is 4.33.